The van der Waals surface area contributed by atoms with Crippen LogP contribution < -0.4 is 16.1 Å². The van der Waals surface area contributed by atoms with Crippen LogP contribution in [0.3, 0.4) is 0 Å². The van der Waals surface area contributed by atoms with Crippen molar-refractivity contribution in [2.45, 2.75) is 38.1 Å². The Bertz CT molecular complexity index is 1200. The number of aliphatic imine (C=N–C) groups is 1. The molecule has 2 aliphatic heterocycles. The van der Waals surface area contributed by atoms with Crippen molar-refractivity contribution in [2.24, 2.45) is 4.99 Å². The second kappa shape index (κ2) is 9.72. The normalized spacial score (nSPS) is 20.5. The minimum atomic E-state index is -4.81. The highest BCUT2D eigenvalue weighted by molar-refractivity contribution is 6.34. The molecular weight excluding hydrogens is 504 g/mol. The van der Waals surface area contributed by atoms with E-state index in [4.69, 9.17) is 28.0 Å². The summed E-state index contributed by atoms with van der Waals surface area (Å²) in [6.45, 7) is 5.07. The Morgan fingerprint density at radius 3 is 2.51 bits per heavy atom. The number of amidine groups is 1. The molecule has 0 saturated carbocycles. The topological polar surface area (TPSA) is 74.8 Å². The summed E-state index contributed by atoms with van der Waals surface area (Å²) >= 11 is 11.9. The molecule has 2 aliphatic rings. The average Bonchev–Trinajstić information content (AvgIpc) is 3.47. The highest BCUT2D eigenvalue weighted by Crippen LogP contribution is 2.48. The number of alkyl halides is 3. The van der Waals surface area contributed by atoms with Gasteiger partial charge in [0.15, 0.2) is 0 Å². The minimum Gasteiger partial charge on any atom is -0.370 e. The lowest BCUT2D eigenvalue weighted by atomic mass is 9.91. The Morgan fingerprint density at radius 2 is 1.94 bits per heavy atom. The van der Waals surface area contributed by atoms with Crippen molar-refractivity contribution >= 4 is 40.6 Å². The average molecular weight is 527 g/mol. The molecule has 0 bridgehead atoms. The van der Waals surface area contributed by atoms with Crippen LogP contribution in [0.25, 0.3) is 5.70 Å². The zero-order chi connectivity index (χ0) is 25.4. The third-order valence-corrected chi connectivity index (χ3v) is 6.34. The molecular formula is C24H23Cl2F3N4O2. The van der Waals surface area contributed by atoms with Crippen molar-refractivity contribution in [1.82, 2.24) is 16.1 Å². The quantitative estimate of drug-likeness (QED) is 0.486. The zero-order valence-electron chi connectivity index (χ0n) is 18.9. The Labute approximate surface area is 210 Å². The molecule has 0 aliphatic carbocycles. The number of benzene rings is 2. The number of hydrogen-bond donors (Lipinski definition) is 3. The second-order valence-electron chi connectivity index (χ2n) is 8.31. The number of aryl methyl sites for hydroxylation is 1. The van der Waals surface area contributed by atoms with E-state index in [-0.39, 0.29) is 33.3 Å². The molecule has 2 aromatic carbocycles. The van der Waals surface area contributed by atoms with E-state index >= 15 is 0 Å². The summed E-state index contributed by atoms with van der Waals surface area (Å²) in [4.78, 5) is 22.4. The summed E-state index contributed by atoms with van der Waals surface area (Å²) in [6, 6.07) is 8.18. The first-order valence-electron chi connectivity index (χ1n) is 10.9. The summed E-state index contributed by atoms with van der Waals surface area (Å²) in [5, 5.41) is 6.23. The lowest BCUT2D eigenvalue weighted by molar-refractivity contribution is -0.269. The van der Waals surface area contributed by atoms with Crippen molar-refractivity contribution < 1.29 is 22.8 Å². The molecule has 6 nitrogen and oxygen atoms in total. The van der Waals surface area contributed by atoms with E-state index in [1.54, 1.807) is 25.1 Å². The molecule has 1 amide bonds. The van der Waals surface area contributed by atoms with Gasteiger partial charge in [0.25, 0.3) is 5.91 Å². The number of amides is 1. The Hall–Kier alpha value is -2.75. The molecule has 0 aromatic heterocycles. The van der Waals surface area contributed by atoms with Gasteiger partial charge in [-0.15, -0.1) is 0 Å². The van der Waals surface area contributed by atoms with Gasteiger partial charge >= 0.3 is 6.18 Å². The predicted octanol–water partition coefficient (Wildman–Crippen LogP) is 5.15. The van der Waals surface area contributed by atoms with Gasteiger partial charge in [0.2, 0.25) is 5.60 Å². The van der Waals surface area contributed by atoms with Crippen LogP contribution in [0.2, 0.25) is 10.0 Å². The van der Waals surface area contributed by atoms with E-state index in [0.29, 0.717) is 29.7 Å². The molecule has 0 spiro atoms. The maximum Gasteiger partial charge on any atom is 0.428 e. The lowest BCUT2D eigenvalue weighted by Crippen LogP contribution is -2.45. The smallest absolute Gasteiger partial charge is 0.370 e. The van der Waals surface area contributed by atoms with Crippen molar-refractivity contribution in [2.75, 3.05) is 13.1 Å². The molecule has 0 radical (unpaired) electrons. The SMILES string of the molecule is CCC(NC(=O)c1ccc(C2=CC(c3cc(Cl)cc(Cl)c3)(C(F)(F)F)ON2)cc1C)C1=NCCN1. The highest BCUT2D eigenvalue weighted by Gasteiger charge is 2.59. The Kier molecular flexibility index (Phi) is 7.04. The fourth-order valence-corrected chi connectivity index (χ4v) is 4.62. The van der Waals surface area contributed by atoms with Crippen LogP contribution in [0.1, 0.15) is 40.4 Å². The standard InChI is InChI=1S/C24H23Cl2F3N4O2/c1-3-19(21-30-6-7-31-21)32-22(34)18-5-4-14(8-13(18)2)20-12-23(35-33-20,24(27,28)29)15-9-16(25)11-17(26)10-15/h4-5,8-12,19,33H,3,6-7H2,1-2H3,(H,30,31)(H,32,34). The van der Waals surface area contributed by atoms with Crippen molar-refractivity contribution in [3.05, 3.63) is 74.8 Å². The summed E-state index contributed by atoms with van der Waals surface area (Å²) < 4.78 is 42.7. The number of carbonyl (C=O) groups is 1. The summed E-state index contributed by atoms with van der Waals surface area (Å²) in [7, 11) is 0. The summed E-state index contributed by atoms with van der Waals surface area (Å²) in [5.74, 6) is 0.456. The van der Waals surface area contributed by atoms with E-state index in [1.807, 2.05) is 6.92 Å². The number of rotatable bonds is 6. The molecule has 2 unspecified atom stereocenters. The minimum absolute atomic E-state index is 0.0527. The molecule has 2 heterocycles. The zero-order valence-corrected chi connectivity index (χ0v) is 20.4. The number of carbonyl (C=O) groups excluding carboxylic acids is 1. The molecule has 11 heteroatoms. The van der Waals surface area contributed by atoms with E-state index in [1.165, 1.54) is 6.07 Å². The van der Waals surface area contributed by atoms with Crippen LogP contribution >= 0.6 is 23.2 Å². The first-order valence-corrected chi connectivity index (χ1v) is 11.7. The first-order chi connectivity index (χ1) is 16.5. The van der Waals surface area contributed by atoms with Crippen molar-refractivity contribution in [3.8, 4) is 0 Å². The third kappa shape index (κ3) is 4.98. The number of hydrogen-bond acceptors (Lipinski definition) is 5. The van der Waals surface area contributed by atoms with E-state index in [0.717, 1.165) is 30.6 Å². The van der Waals surface area contributed by atoms with Gasteiger partial charge in [-0.25, -0.2) is 0 Å². The molecule has 0 fully saturated rings. The second-order valence-corrected chi connectivity index (χ2v) is 9.18. The van der Waals surface area contributed by atoms with Gasteiger partial charge in [-0.05, 0) is 60.9 Å². The third-order valence-electron chi connectivity index (χ3n) is 5.91. The Balaban J connectivity index is 1.63. The van der Waals surface area contributed by atoms with E-state index in [2.05, 4.69) is 21.1 Å². The van der Waals surface area contributed by atoms with Gasteiger partial charge in [-0.3, -0.25) is 20.1 Å². The summed E-state index contributed by atoms with van der Waals surface area (Å²) in [5.41, 5.74) is 0.875. The molecule has 2 atom stereocenters. The molecule has 35 heavy (non-hydrogen) atoms. The van der Waals surface area contributed by atoms with E-state index in [9.17, 15) is 18.0 Å². The Morgan fingerprint density at radius 1 is 1.23 bits per heavy atom. The number of nitrogens with zero attached hydrogens (tertiary/aromatic N) is 1. The van der Waals surface area contributed by atoms with E-state index < -0.39 is 11.8 Å². The predicted molar refractivity (Wildman–Crippen MR) is 129 cm³/mol. The molecule has 4 rings (SSSR count). The first kappa shape index (κ1) is 25.3. The molecule has 3 N–H and O–H groups in total. The molecule has 2 aromatic rings. The van der Waals surface area contributed by atoms with Crippen LogP contribution in [0.4, 0.5) is 13.2 Å². The monoisotopic (exact) mass is 526 g/mol. The van der Waals surface area contributed by atoms with Crippen molar-refractivity contribution in [1.29, 1.82) is 0 Å². The summed E-state index contributed by atoms with van der Waals surface area (Å²) in [6.07, 6.45) is -3.20. The maximum absolute atomic E-state index is 14.2. The maximum atomic E-state index is 14.2. The van der Waals surface area contributed by atoms with Crippen LogP contribution in [-0.4, -0.2) is 37.1 Å². The van der Waals surface area contributed by atoms with Gasteiger partial charge in [0, 0.05) is 27.7 Å². The fraction of sp³-hybridized carbons (Fsp3) is 0.333. The number of hydroxylamine groups is 1. The fourth-order valence-electron chi connectivity index (χ4n) is 4.09. The van der Waals surface area contributed by atoms with Crippen molar-refractivity contribution in [3.63, 3.8) is 0 Å². The van der Waals surface area contributed by atoms with Gasteiger partial charge in [0.05, 0.1) is 18.3 Å². The molecule has 0 saturated heterocycles. The van der Waals surface area contributed by atoms with Gasteiger partial charge in [0.1, 0.15) is 5.84 Å². The van der Waals surface area contributed by atoms with Crippen LogP contribution in [0.5, 0.6) is 0 Å². The molecule has 186 valence electrons. The number of nitrogens with one attached hydrogen (secondary N) is 3. The van der Waals surface area contributed by atoms with Crippen LogP contribution in [-0.2, 0) is 10.4 Å². The lowest BCUT2D eigenvalue weighted by Gasteiger charge is -2.28. The van der Waals surface area contributed by atoms with Gasteiger partial charge in [-0.1, -0.05) is 36.2 Å². The van der Waals surface area contributed by atoms with Gasteiger partial charge in [-0.2, -0.15) is 13.2 Å². The largest absolute Gasteiger partial charge is 0.428 e. The highest BCUT2D eigenvalue weighted by atomic mass is 35.5. The number of halogens is 5. The van der Waals surface area contributed by atoms with Crippen LogP contribution in [0, 0.1) is 6.92 Å². The van der Waals surface area contributed by atoms with Crippen LogP contribution in [0.15, 0.2) is 47.5 Å². The van der Waals surface area contributed by atoms with Gasteiger partial charge < -0.3 is 10.6 Å².